The molecule has 3 saturated heterocycles. The Hall–Kier alpha value is -0.910. The molecule has 1 aromatic rings. The molecule has 1 saturated carbocycles. The van der Waals surface area contributed by atoms with Crippen molar-refractivity contribution in [2.45, 2.75) is 58.9 Å². The zero-order valence-electron chi connectivity index (χ0n) is 18.3. The molecule has 0 N–H and O–H groups in total. The van der Waals surface area contributed by atoms with Crippen molar-refractivity contribution >= 4 is 17.2 Å². The number of thiophene rings is 1. The van der Waals surface area contributed by atoms with Gasteiger partial charge in [-0.3, -0.25) is 9.69 Å². The number of hydrogen-bond acceptors (Lipinski definition) is 4. The van der Waals surface area contributed by atoms with Crippen LogP contribution in [0, 0.1) is 23.7 Å². The molecule has 0 unspecified atom stereocenters. The summed E-state index contributed by atoms with van der Waals surface area (Å²) >= 11 is 1.94. The molecule has 3 aliphatic heterocycles. The summed E-state index contributed by atoms with van der Waals surface area (Å²) in [5, 5.41) is 0. The van der Waals surface area contributed by atoms with E-state index in [1.807, 2.05) is 11.3 Å². The SMILES string of the molecule is CCN1C[C@@H]2C3(CCN(Cc4ccc(C)s4)CC3)CC[C@]2(C(=O)N2CCCC2)C1. The van der Waals surface area contributed by atoms with E-state index < -0.39 is 0 Å². The van der Waals surface area contributed by atoms with E-state index in [1.54, 1.807) is 0 Å². The molecule has 5 rings (SSSR count). The van der Waals surface area contributed by atoms with Crippen LogP contribution in [0.5, 0.6) is 0 Å². The third-order valence-corrected chi connectivity index (χ3v) is 9.70. The Morgan fingerprint density at radius 2 is 1.83 bits per heavy atom. The normalized spacial score (nSPS) is 32.3. The van der Waals surface area contributed by atoms with Gasteiger partial charge in [0.1, 0.15) is 0 Å². The highest BCUT2D eigenvalue weighted by Gasteiger charge is 2.64. The summed E-state index contributed by atoms with van der Waals surface area (Å²) in [5.41, 5.74) is 0.328. The van der Waals surface area contributed by atoms with E-state index in [0.717, 1.165) is 45.7 Å². The zero-order valence-corrected chi connectivity index (χ0v) is 19.1. The van der Waals surface area contributed by atoms with Crippen LogP contribution in [0.25, 0.3) is 0 Å². The molecular formula is C24H37N3OS. The molecule has 160 valence electrons. The summed E-state index contributed by atoms with van der Waals surface area (Å²) in [6.45, 7) is 13.2. The van der Waals surface area contributed by atoms with Gasteiger partial charge in [0.15, 0.2) is 0 Å². The predicted octanol–water partition coefficient (Wildman–Crippen LogP) is 3.99. The topological polar surface area (TPSA) is 26.8 Å². The second-order valence-corrected chi connectivity index (χ2v) is 11.6. The van der Waals surface area contributed by atoms with Crippen molar-refractivity contribution in [3.05, 3.63) is 21.9 Å². The minimum Gasteiger partial charge on any atom is -0.342 e. The van der Waals surface area contributed by atoms with Crippen molar-refractivity contribution in [1.29, 1.82) is 0 Å². The van der Waals surface area contributed by atoms with Gasteiger partial charge in [0, 0.05) is 42.5 Å². The number of amides is 1. The maximum atomic E-state index is 13.7. The summed E-state index contributed by atoms with van der Waals surface area (Å²) in [7, 11) is 0. The van der Waals surface area contributed by atoms with Crippen molar-refractivity contribution in [2.75, 3.05) is 45.8 Å². The van der Waals surface area contributed by atoms with Crippen LogP contribution in [0.4, 0.5) is 0 Å². The fourth-order valence-electron chi connectivity index (χ4n) is 7.03. The molecule has 1 aromatic heterocycles. The largest absolute Gasteiger partial charge is 0.342 e. The van der Waals surface area contributed by atoms with Crippen LogP contribution in [-0.2, 0) is 11.3 Å². The van der Waals surface area contributed by atoms with Crippen LogP contribution >= 0.6 is 11.3 Å². The number of nitrogens with zero attached hydrogens (tertiary/aromatic N) is 3. The molecule has 1 aliphatic carbocycles. The van der Waals surface area contributed by atoms with E-state index >= 15 is 0 Å². The lowest BCUT2D eigenvalue weighted by atomic mass is 9.65. The number of hydrogen-bond donors (Lipinski definition) is 0. The Morgan fingerprint density at radius 3 is 2.48 bits per heavy atom. The lowest BCUT2D eigenvalue weighted by molar-refractivity contribution is -0.143. The molecule has 4 aliphatic rings. The van der Waals surface area contributed by atoms with Crippen LogP contribution in [0.15, 0.2) is 12.1 Å². The molecule has 1 spiro atoms. The van der Waals surface area contributed by atoms with Crippen molar-refractivity contribution in [3.63, 3.8) is 0 Å². The van der Waals surface area contributed by atoms with Gasteiger partial charge < -0.3 is 9.80 Å². The summed E-state index contributed by atoms with van der Waals surface area (Å²) in [5.74, 6) is 1.10. The van der Waals surface area contributed by atoms with Crippen LogP contribution in [-0.4, -0.2) is 66.4 Å². The van der Waals surface area contributed by atoms with Gasteiger partial charge in [-0.05, 0) is 88.5 Å². The van der Waals surface area contributed by atoms with E-state index in [-0.39, 0.29) is 5.41 Å². The molecule has 0 aromatic carbocycles. The third kappa shape index (κ3) is 3.37. The van der Waals surface area contributed by atoms with Crippen LogP contribution in [0.1, 0.15) is 55.2 Å². The van der Waals surface area contributed by atoms with E-state index in [9.17, 15) is 4.79 Å². The molecule has 4 heterocycles. The highest BCUT2D eigenvalue weighted by Crippen LogP contribution is 2.62. The van der Waals surface area contributed by atoms with Crippen molar-refractivity contribution in [1.82, 2.24) is 14.7 Å². The molecule has 0 bridgehead atoms. The summed E-state index contributed by atoms with van der Waals surface area (Å²) < 4.78 is 0. The van der Waals surface area contributed by atoms with E-state index in [4.69, 9.17) is 0 Å². The third-order valence-electron chi connectivity index (χ3n) is 8.72. The number of likely N-dealkylation sites (tertiary alicyclic amines) is 3. The predicted molar refractivity (Wildman–Crippen MR) is 119 cm³/mol. The monoisotopic (exact) mass is 415 g/mol. The van der Waals surface area contributed by atoms with Crippen molar-refractivity contribution in [3.8, 4) is 0 Å². The van der Waals surface area contributed by atoms with E-state index in [2.05, 4.69) is 40.7 Å². The number of carbonyl (C=O) groups is 1. The molecule has 2 atom stereocenters. The lowest BCUT2D eigenvalue weighted by Crippen LogP contribution is -2.49. The molecule has 4 nitrogen and oxygen atoms in total. The van der Waals surface area contributed by atoms with Gasteiger partial charge >= 0.3 is 0 Å². The molecule has 4 fully saturated rings. The highest BCUT2D eigenvalue weighted by molar-refractivity contribution is 7.11. The first kappa shape index (κ1) is 20.0. The second-order valence-electron chi connectivity index (χ2n) is 10.2. The van der Waals surface area contributed by atoms with Gasteiger partial charge in [-0.15, -0.1) is 11.3 Å². The average molecular weight is 416 g/mol. The Labute approximate surface area is 180 Å². The Kier molecular flexibility index (Phi) is 5.28. The van der Waals surface area contributed by atoms with Gasteiger partial charge in [-0.1, -0.05) is 6.92 Å². The van der Waals surface area contributed by atoms with Gasteiger partial charge in [0.25, 0.3) is 0 Å². The first-order valence-electron chi connectivity index (χ1n) is 11.8. The lowest BCUT2D eigenvalue weighted by Gasteiger charge is -2.45. The number of fused-ring (bicyclic) bond motifs is 2. The summed E-state index contributed by atoms with van der Waals surface area (Å²) in [4.78, 5) is 24.1. The minimum atomic E-state index is -0.0760. The molecule has 0 radical (unpaired) electrons. The maximum Gasteiger partial charge on any atom is 0.230 e. The van der Waals surface area contributed by atoms with Gasteiger partial charge in [-0.25, -0.2) is 0 Å². The summed E-state index contributed by atoms with van der Waals surface area (Å²) in [6, 6.07) is 4.55. The highest BCUT2D eigenvalue weighted by atomic mass is 32.1. The first-order valence-corrected chi connectivity index (χ1v) is 12.7. The minimum absolute atomic E-state index is 0.0760. The number of carbonyl (C=O) groups excluding carboxylic acids is 1. The zero-order chi connectivity index (χ0) is 20.1. The van der Waals surface area contributed by atoms with Crippen LogP contribution < -0.4 is 0 Å². The quantitative estimate of drug-likeness (QED) is 0.744. The van der Waals surface area contributed by atoms with E-state index in [1.165, 1.54) is 54.9 Å². The first-order chi connectivity index (χ1) is 14.0. The van der Waals surface area contributed by atoms with E-state index in [0.29, 0.717) is 17.2 Å². The smallest absolute Gasteiger partial charge is 0.230 e. The van der Waals surface area contributed by atoms with Crippen molar-refractivity contribution in [2.24, 2.45) is 16.7 Å². The second kappa shape index (κ2) is 7.65. The maximum absolute atomic E-state index is 13.7. The molecule has 5 heteroatoms. The molecule has 1 amide bonds. The number of piperidine rings is 1. The fourth-order valence-corrected chi connectivity index (χ4v) is 7.96. The van der Waals surface area contributed by atoms with Gasteiger partial charge in [-0.2, -0.15) is 0 Å². The summed E-state index contributed by atoms with van der Waals surface area (Å²) in [6.07, 6.45) is 7.39. The standard InChI is InChI=1S/C24H37N3OS/c1-3-25-17-21-23(8-9-24(21,18-25)22(28)27-12-4-5-13-27)10-14-26(15-11-23)16-20-7-6-19(2)29-20/h6-7,21H,3-5,8-18H2,1-2H3/t21-,24+/m1/s1. The number of aryl methyl sites for hydroxylation is 1. The Balaban J connectivity index is 1.32. The number of rotatable bonds is 4. The molecular weight excluding hydrogens is 378 g/mol. The Morgan fingerprint density at radius 1 is 1.07 bits per heavy atom. The fraction of sp³-hybridized carbons (Fsp3) is 0.792. The van der Waals surface area contributed by atoms with Gasteiger partial charge in [0.2, 0.25) is 5.91 Å². The van der Waals surface area contributed by atoms with Gasteiger partial charge in [0.05, 0.1) is 5.41 Å². The average Bonchev–Trinajstić information content (AvgIpc) is 3.50. The van der Waals surface area contributed by atoms with Crippen LogP contribution in [0.2, 0.25) is 0 Å². The van der Waals surface area contributed by atoms with Crippen molar-refractivity contribution < 1.29 is 4.79 Å². The molecule has 29 heavy (non-hydrogen) atoms. The Bertz CT molecular complexity index is 747. The van der Waals surface area contributed by atoms with Crippen LogP contribution in [0.3, 0.4) is 0 Å².